The molecule has 0 aromatic heterocycles. The maximum absolute atomic E-state index is 11.7. The molecule has 0 aliphatic carbocycles. The molecule has 0 amide bonds. The van der Waals surface area contributed by atoms with Gasteiger partial charge >= 0.3 is 0 Å². The van der Waals surface area contributed by atoms with Crippen molar-refractivity contribution >= 4 is 5.78 Å². The lowest BCUT2D eigenvalue weighted by molar-refractivity contribution is 0.104. The lowest BCUT2D eigenvalue weighted by atomic mass is 10.1. The molecular weight excluding hydrogens is 220 g/mol. The molecule has 1 aliphatic rings. The van der Waals surface area contributed by atoms with Crippen LogP contribution in [-0.4, -0.2) is 25.6 Å². The Kier molecular flexibility index (Phi) is 3.65. The Balaban J connectivity index is 2.13. The second-order valence-corrected chi connectivity index (χ2v) is 3.48. The zero-order valence-electron chi connectivity index (χ0n) is 9.64. The number of ketones is 1. The lowest BCUT2D eigenvalue weighted by Crippen LogP contribution is -2.15. The van der Waals surface area contributed by atoms with Crippen molar-refractivity contribution < 1.29 is 19.0 Å². The van der Waals surface area contributed by atoms with Crippen molar-refractivity contribution in [2.45, 2.75) is 6.92 Å². The molecule has 90 valence electrons. The van der Waals surface area contributed by atoms with E-state index in [1.54, 1.807) is 18.2 Å². The topological polar surface area (TPSA) is 44.8 Å². The van der Waals surface area contributed by atoms with Gasteiger partial charge in [0.05, 0.1) is 12.9 Å². The second-order valence-electron chi connectivity index (χ2n) is 3.48. The predicted octanol–water partition coefficient (Wildman–Crippen LogP) is 2.19. The van der Waals surface area contributed by atoms with Crippen molar-refractivity contribution in [1.29, 1.82) is 0 Å². The number of hydrogen-bond donors (Lipinski definition) is 0. The van der Waals surface area contributed by atoms with Crippen molar-refractivity contribution in [3.8, 4) is 11.5 Å². The van der Waals surface area contributed by atoms with Gasteiger partial charge in [-0.3, -0.25) is 4.79 Å². The number of benzene rings is 1. The molecule has 0 radical (unpaired) electrons. The average Bonchev–Trinajstić information content (AvgIpc) is 2.38. The Morgan fingerprint density at radius 2 is 2.12 bits per heavy atom. The molecule has 4 nitrogen and oxygen atoms in total. The van der Waals surface area contributed by atoms with Crippen LogP contribution in [0.2, 0.25) is 0 Å². The van der Waals surface area contributed by atoms with E-state index < -0.39 is 0 Å². The minimum Gasteiger partial charge on any atom is -0.501 e. The molecule has 0 spiro atoms. The Labute approximate surface area is 99.8 Å². The van der Waals surface area contributed by atoms with E-state index in [1.807, 2.05) is 6.92 Å². The summed E-state index contributed by atoms with van der Waals surface area (Å²) in [7, 11) is 0. The van der Waals surface area contributed by atoms with Gasteiger partial charge in [0.15, 0.2) is 17.3 Å². The molecule has 0 N–H and O–H groups in total. The van der Waals surface area contributed by atoms with Crippen molar-refractivity contribution in [3.63, 3.8) is 0 Å². The van der Waals surface area contributed by atoms with Crippen molar-refractivity contribution in [2.75, 3.05) is 19.8 Å². The first-order chi connectivity index (χ1) is 8.31. The zero-order valence-corrected chi connectivity index (χ0v) is 9.64. The van der Waals surface area contributed by atoms with E-state index in [9.17, 15) is 4.79 Å². The van der Waals surface area contributed by atoms with Gasteiger partial charge in [-0.2, -0.15) is 0 Å². The predicted molar refractivity (Wildman–Crippen MR) is 62.5 cm³/mol. The summed E-state index contributed by atoms with van der Waals surface area (Å²) < 4.78 is 15.8. The van der Waals surface area contributed by atoms with Gasteiger partial charge in [0.25, 0.3) is 0 Å². The van der Waals surface area contributed by atoms with Crippen molar-refractivity contribution in [1.82, 2.24) is 0 Å². The molecule has 17 heavy (non-hydrogen) atoms. The number of carbonyl (C=O) groups is 1. The molecule has 0 bridgehead atoms. The van der Waals surface area contributed by atoms with Gasteiger partial charge in [0.2, 0.25) is 0 Å². The molecule has 0 unspecified atom stereocenters. The molecule has 1 heterocycles. The summed E-state index contributed by atoms with van der Waals surface area (Å²) in [6.07, 6.45) is 2.80. The Morgan fingerprint density at radius 3 is 2.88 bits per heavy atom. The SMILES string of the molecule is CCOC=CC(=O)c1ccc2c(c1)OCCO2. The average molecular weight is 234 g/mol. The summed E-state index contributed by atoms with van der Waals surface area (Å²) in [5, 5.41) is 0. The summed E-state index contributed by atoms with van der Waals surface area (Å²) in [5.41, 5.74) is 0.560. The highest BCUT2D eigenvalue weighted by Gasteiger charge is 2.13. The summed E-state index contributed by atoms with van der Waals surface area (Å²) >= 11 is 0. The molecule has 1 aliphatic heterocycles. The Bertz CT molecular complexity index is 437. The highest BCUT2D eigenvalue weighted by Crippen LogP contribution is 2.30. The third-order valence-electron chi connectivity index (χ3n) is 2.31. The fourth-order valence-corrected chi connectivity index (χ4v) is 1.50. The highest BCUT2D eigenvalue weighted by atomic mass is 16.6. The van der Waals surface area contributed by atoms with Gasteiger partial charge in [-0.25, -0.2) is 0 Å². The van der Waals surface area contributed by atoms with E-state index in [-0.39, 0.29) is 5.78 Å². The molecule has 2 rings (SSSR count). The van der Waals surface area contributed by atoms with Gasteiger partial charge in [-0.1, -0.05) is 0 Å². The molecule has 0 saturated heterocycles. The van der Waals surface area contributed by atoms with Gasteiger partial charge in [-0.15, -0.1) is 0 Å². The summed E-state index contributed by atoms with van der Waals surface area (Å²) in [6.45, 7) is 3.47. The van der Waals surface area contributed by atoms with Gasteiger partial charge in [0, 0.05) is 11.6 Å². The fourth-order valence-electron chi connectivity index (χ4n) is 1.50. The molecule has 0 atom stereocenters. The summed E-state index contributed by atoms with van der Waals surface area (Å²) in [5.74, 6) is 1.18. The van der Waals surface area contributed by atoms with Crippen LogP contribution in [0.1, 0.15) is 17.3 Å². The van der Waals surface area contributed by atoms with E-state index in [0.717, 1.165) is 0 Å². The maximum atomic E-state index is 11.7. The molecule has 4 heteroatoms. The quantitative estimate of drug-likeness (QED) is 0.455. The van der Waals surface area contributed by atoms with Crippen LogP contribution < -0.4 is 9.47 Å². The van der Waals surface area contributed by atoms with E-state index in [2.05, 4.69) is 0 Å². The van der Waals surface area contributed by atoms with E-state index >= 15 is 0 Å². The van der Waals surface area contributed by atoms with Crippen LogP contribution in [0.15, 0.2) is 30.5 Å². The second kappa shape index (κ2) is 5.39. The standard InChI is InChI=1S/C13H14O4/c1-2-15-6-5-11(14)10-3-4-12-13(9-10)17-8-7-16-12/h3-6,9H,2,7-8H2,1H3. The van der Waals surface area contributed by atoms with E-state index in [4.69, 9.17) is 14.2 Å². The highest BCUT2D eigenvalue weighted by molar-refractivity contribution is 6.04. The van der Waals surface area contributed by atoms with Crippen LogP contribution in [0.3, 0.4) is 0 Å². The van der Waals surface area contributed by atoms with Crippen LogP contribution in [0.5, 0.6) is 11.5 Å². The van der Waals surface area contributed by atoms with Gasteiger partial charge < -0.3 is 14.2 Å². The fraction of sp³-hybridized carbons (Fsp3) is 0.308. The van der Waals surface area contributed by atoms with Crippen LogP contribution >= 0.6 is 0 Å². The van der Waals surface area contributed by atoms with Crippen molar-refractivity contribution in [2.24, 2.45) is 0 Å². The molecule has 1 aromatic rings. The number of rotatable bonds is 4. The summed E-state index contributed by atoms with van der Waals surface area (Å²) in [4.78, 5) is 11.7. The van der Waals surface area contributed by atoms with E-state index in [0.29, 0.717) is 36.9 Å². The normalized spacial score (nSPS) is 13.7. The largest absolute Gasteiger partial charge is 0.501 e. The van der Waals surface area contributed by atoms with Crippen LogP contribution in [0.25, 0.3) is 0 Å². The number of hydrogen-bond acceptors (Lipinski definition) is 4. The van der Waals surface area contributed by atoms with Crippen LogP contribution in [0, 0.1) is 0 Å². The third kappa shape index (κ3) is 2.78. The number of carbonyl (C=O) groups excluding carboxylic acids is 1. The van der Waals surface area contributed by atoms with Crippen LogP contribution in [-0.2, 0) is 4.74 Å². The molecule has 0 saturated carbocycles. The van der Waals surface area contributed by atoms with Gasteiger partial charge in [0.1, 0.15) is 13.2 Å². The Hall–Kier alpha value is -1.97. The molecular formula is C13H14O4. The van der Waals surface area contributed by atoms with Crippen molar-refractivity contribution in [3.05, 3.63) is 36.1 Å². The first-order valence-corrected chi connectivity index (χ1v) is 5.53. The Morgan fingerprint density at radius 1 is 1.35 bits per heavy atom. The number of allylic oxidation sites excluding steroid dienone is 1. The molecule has 1 aromatic carbocycles. The summed E-state index contributed by atoms with van der Waals surface area (Å²) in [6, 6.07) is 5.15. The maximum Gasteiger partial charge on any atom is 0.189 e. The molecule has 0 fully saturated rings. The first-order valence-electron chi connectivity index (χ1n) is 5.53. The smallest absolute Gasteiger partial charge is 0.189 e. The zero-order chi connectivity index (χ0) is 12.1. The first kappa shape index (κ1) is 11.5. The van der Waals surface area contributed by atoms with Crippen LogP contribution in [0.4, 0.5) is 0 Å². The minimum atomic E-state index is -0.115. The lowest BCUT2D eigenvalue weighted by Gasteiger charge is -2.18. The minimum absolute atomic E-state index is 0.115. The number of ether oxygens (including phenoxy) is 3. The van der Waals surface area contributed by atoms with Gasteiger partial charge in [-0.05, 0) is 25.1 Å². The number of fused-ring (bicyclic) bond motifs is 1. The monoisotopic (exact) mass is 234 g/mol. The van der Waals surface area contributed by atoms with E-state index in [1.165, 1.54) is 12.3 Å². The third-order valence-corrected chi connectivity index (χ3v) is 2.31.